The van der Waals surface area contributed by atoms with Crippen LogP contribution in [0.1, 0.15) is 35.1 Å². The van der Waals surface area contributed by atoms with Crippen LogP contribution in [-0.4, -0.2) is 78.2 Å². The van der Waals surface area contributed by atoms with Crippen molar-refractivity contribution in [2.24, 2.45) is 0 Å². The predicted molar refractivity (Wildman–Crippen MR) is 120 cm³/mol. The number of rotatable bonds is 5. The first-order valence-electron chi connectivity index (χ1n) is 11.0. The minimum absolute atomic E-state index is 0.0580. The summed E-state index contributed by atoms with van der Waals surface area (Å²) in [5.74, 6) is -1.19. The van der Waals surface area contributed by atoms with E-state index < -0.39 is 43.1 Å². The Kier molecular flexibility index (Phi) is 6.87. The summed E-state index contributed by atoms with van der Waals surface area (Å²) in [6.45, 7) is -0.625. The quantitative estimate of drug-likeness (QED) is 0.174. The first-order valence-corrected chi connectivity index (χ1v) is 11.0. The van der Waals surface area contributed by atoms with E-state index >= 15 is 0 Å². The molecule has 184 valence electrons. The number of aliphatic hydroxyl groups is 4. The van der Waals surface area contributed by atoms with Crippen LogP contribution in [0.3, 0.4) is 0 Å². The molecule has 0 amide bonds. The third-order valence-corrected chi connectivity index (χ3v) is 6.29. The second-order valence-electron chi connectivity index (χ2n) is 8.50. The maximum atomic E-state index is 10.7. The molecular weight excluding hydrogens is 448 g/mol. The summed E-state index contributed by atoms with van der Waals surface area (Å²) in [5, 5.41) is 80.9. The Balaban J connectivity index is 1.59. The molecule has 1 heterocycles. The molecule has 0 saturated carbocycles. The van der Waals surface area contributed by atoms with E-state index in [1.165, 1.54) is 30.4 Å². The highest BCUT2D eigenvalue weighted by molar-refractivity contribution is 5.80. The van der Waals surface area contributed by atoms with E-state index in [1.807, 2.05) is 0 Å². The molecule has 0 spiro atoms. The summed E-state index contributed by atoms with van der Waals surface area (Å²) in [5.41, 5.74) is 1.69. The van der Waals surface area contributed by atoms with Gasteiger partial charge in [0.15, 0.2) is 23.0 Å². The molecule has 34 heavy (non-hydrogen) atoms. The number of hydrogen-bond donors (Lipinski definition) is 8. The van der Waals surface area contributed by atoms with Crippen LogP contribution in [-0.2, 0) is 17.6 Å². The molecule has 4 rings (SSSR count). The van der Waals surface area contributed by atoms with Crippen molar-refractivity contribution in [3.63, 3.8) is 0 Å². The van der Waals surface area contributed by atoms with Gasteiger partial charge in [-0.15, -0.1) is 0 Å². The maximum absolute atomic E-state index is 10.7. The van der Waals surface area contributed by atoms with Crippen molar-refractivity contribution in [2.45, 2.75) is 56.4 Å². The van der Waals surface area contributed by atoms with Crippen LogP contribution in [0.2, 0.25) is 0 Å². The van der Waals surface area contributed by atoms with Gasteiger partial charge < -0.3 is 50.3 Å². The largest absolute Gasteiger partial charge is 0.507 e. The van der Waals surface area contributed by atoms with Gasteiger partial charge in [0, 0.05) is 11.1 Å². The number of benzene rings is 2. The zero-order valence-corrected chi connectivity index (χ0v) is 18.2. The van der Waals surface area contributed by atoms with Gasteiger partial charge in [0.1, 0.15) is 30.2 Å². The molecule has 10 nitrogen and oxygen atoms in total. The zero-order valence-electron chi connectivity index (χ0n) is 18.2. The molecule has 2 aliphatic rings. The predicted octanol–water partition coefficient (Wildman–Crippen LogP) is 0.737. The standard InChI is InChI=1S/C24H28O10/c25-10-17-21(30)22(31)23(32)24(34-17)33-16-9-11(6-8-15(16)26)5-7-14-18(27)12-3-1-2-4-13(12)19(28)20(14)29/h5-9,17,21-32H,1-4,10H2. The van der Waals surface area contributed by atoms with E-state index in [2.05, 4.69) is 0 Å². The van der Waals surface area contributed by atoms with Gasteiger partial charge >= 0.3 is 0 Å². The van der Waals surface area contributed by atoms with Crippen LogP contribution < -0.4 is 4.74 Å². The Bertz CT molecular complexity index is 1080. The van der Waals surface area contributed by atoms with Gasteiger partial charge in [0.2, 0.25) is 6.29 Å². The van der Waals surface area contributed by atoms with Crippen LogP contribution in [0.15, 0.2) is 18.2 Å². The van der Waals surface area contributed by atoms with E-state index in [0.717, 1.165) is 12.8 Å². The summed E-state index contributed by atoms with van der Waals surface area (Å²) >= 11 is 0. The van der Waals surface area contributed by atoms with Gasteiger partial charge in [-0.25, -0.2) is 0 Å². The first kappa shape index (κ1) is 24.1. The topological polar surface area (TPSA) is 180 Å². The van der Waals surface area contributed by atoms with Crippen molar-refractivity contribution in [1.82, 2.24) is 0 Å². The van der Waals surface area contributed by atoms with Gasteiger partial charge in [0.25, 0.3) is 0 Å². The van der Waals surface area contributed by atoms with Crippen LogP contribution in [0, 0.1) is 0 Å². The number of hydrogen-bond acceptors (Lipinski definition) is 10. The molecule has 2 aromatic carbocycles. The van der Waals surface area contributed by atoms with Crippen molar-refractivity contribution in [1.29, 1.82) is 0 Å². The Hall–Kier alpha value is -3.02. The number of fused-ring (bicyclic) bond motifs is 1. The van der Waals surface area contributed by atoms with E-state index in [4.69, 9.17) is 9.47 Å². The lowest BCUT2D eigenvalue weighted by molar-refractivity contribution is -0.277. The minimum Gasteiger partial charge on any atom is -0.507 e. The summed E-state index contributed by atoms with van der Waals surface area (Å²) in [4.78, 5) is 0. The summed E-state index contributed by atoms with van der Waals surface area (Å²) in [6, 6.07) is 4.22. The number of phenols is 4. The van der Waals surface area contributed by atoms with Crippen molar-refractivity contribution >= 4 is 12.2 Å². The molecule has 1 aliphatic heterocycles. The number of aliphatic hydroxyl groups excluding tert-OH is 4. The van der Waals surface area contributed by atoms with E-state index in [9.17, 15) is 40.9 Å². The second kappa shape index (κ2) is 9.69. The molecule has 2 aromatic rings. The van der Waals surface area contributed by atoms with Crippen molar-refractivity contribution in [3.8, 4) is 28.7 Å². The summed E-state index contributed by atoms with van der Waals surface area (Å²) < 4.78 is 10.8. The Morgan fingerprint density at radius 2 is 1.53 bits per heavy atom. The number of ether oxygens (including phenoxy) is 2. The molecule has 0 aromatic heterocycles. The maximum Gasteiger partial charge on any atom is 0.229 e. The molecule has 5 unspecified atom stereocenters. The smallest absolute Gasteiger partial charge is 0.229 e. The number of phenolic OH excluding ortho intramolecular Hbond substituents is 4. The monoisotopic (exact) mass is 476 g/mol. The lowest BCUT2D eigenvalue weighted by Gasteiger charge is -2.39. The van der Waals surface area contributed by atoms with Crippen molar-refractivity contribution < 1.29 is 50.3 Å². The highest BCUT2D eigenvalue weighted by Gasteiger charge is 2.44. The fourth-order valence-corrected chi connectivity index (χ4v) is 4.33. The van der Waals surface area contributed by atoms with Gasteiger partial charge in [-0.2, -0.15) is 0 Å². The van der Waals surface area contributed by atoms with Crippen LogP contribution in [0.25, 0.3) is 12.2 Å². The van der Waals surface area contributed by atoms with Gasteiger partial charge in [-0.3, -0.25) is 0 Å². The second-order valence-corrected chi connectivity index (χ2v) is 8.50. The molecule has 5 atom stereocenters. The average Bonchev–Trinajstić information content (AvgIpc) is 2.84. The zero-order chi connectivity index (χ0) is 24.6. The first-order chi connectivity index (χ1) is 16.2. The van der Waals surface area contributed by atoms with Gasteiger partial charge in [0.05, 0.1) is 12.2 Å². The summed E-state index contributed by atoms with van der Waals surface area (Å²) in [7, 11) is 0. The lowest BCUT2D eigenvalue weighted by atomic mass is 9.87. The van der Waals surface area contributed by atoms with Crippen LogP contribution in [0.4, 0.5) is 0 Å². The van der Waals surface area contributed by atoms with E-state index in [-0.39, 0.29) is 28.6 Å². The van der Waals surface area contributed by atoms with Gasteiger partial charge in [-0.1, -0.05) is 12.1 Å². The SMILES string of the molecule is OCC1OC(Oc2cc(C=Cc3c(O)c(O)c4c(c3O)CCCC4)ccc2O)C(O)C(O)C1O. The van der Waals surface area contributed by atoms with E-state index in [1.54, 1.807) is 0 Å². The van der Waals surface area contributed by atoms with E-state index in [0.29, 0.717) is 29.5 Å². The van der Waals surface area contributed by atoms with Gasteiger partial charge in [-0.05, 0) is 49.5 Å². The fourth-order valence-electron chi connectivity index (χ4n) is 4.33. The van der Waals surface area contributed by atoms with Crippen molar-refractivity contribution in [2.75, 3.05) is 6.61 Å². The average molecular weight is 476 g/mol. The molecule has 1 fully saturated rings. The lowest BCUT2D eigenvalue weighted by Crippen LogP contribution is -2.60. The molecule has 1 saturated heterocycles. The van der Waals surface area contributed by atoms with Crippen LogP contribution >= 0.6 is 0 Å². The Morgan fingerprint density at radius 3 is 2.21 bits per heavy atom. The highest BCUT2D eigenvalue weighted by atomic mass is 16.7. The fraction of sp³-hybridized carbons (Fsp3) is 0.417. The normalized spacial score (nSPS) is 27.0. The Labute approximate surface area is 195 Å². The third-order valence-electron chi connectivity index (χ3n) is 6.29. The molecule has 10 heteroatoms. The summed E-state index contributed by atoms with van der Waals surface area (Å²) in [6.07, 6.45) is -1.66. The number of aromatic hydroxyl groups is 4. The highest BCUT2D eigenvalue weighted by Crippen LogP contribution is 2.46. The van der Waals surface area contributed by atoms with Crippen LogP contribution in [0.5, 0.6) is 28.7 Å². The molecule has 0 radical (unpaired) electrons. The molecular formula is C24H28O10. The third kappa shape index (κ3) is 4.38. The molecule has 1 aliphatic carbocycles. The molecule has 0 bridgehead atoms. The van der Waals surface area contributed by atoms with Crippen molar-refractivity contribution in [3.05, 3.63) is 40.5 Å². The minimum atomic E-state index is -1.65. The molecule has 8 N–H and O–H groups in total. The Morgan fingerprint density at radius 1 is 0.853 bits per heavy atom.